The van der Waals surface area contributed by atoms with Crippen molar-refractivity contribution < 1.29 is 4.39 Å². The molecule has 2 N–H and O–H groups in total. The van der Waals surface area contributed by atoms with Crippen molar-refractivity contribution in [2.45, 2.75) is 12.5 Å². The molecule has 0 radical (unpaired) electrons. The van der Waals surface area contributed by atoms with Gasteiger partial charge in [0.05, 0.1) is 10.0 Å². The van der Waals surface area contributed by atoms with Crippen LogP contribution in [0.15, 0.2) is 40.9 Å². The molecule has 5 heteroatoms. The van der Waals surface area contributed by atoms with Crippen molar-refractivity contribution in [1.29, 1.82) is 0 Å². The monoisotopic (exact) mass is 361 g/mol. The van der Waals surface area contributed by atoms with Gasteiger partial charge in [0, 0.05) is 10.5 Å². The van der Waals surface area contributed by atoms with Crippen molar-refractivity contribution in [3.8, 4) is 0 Å². The predicted octanol–water partition coefficient (Wildman–Crippen LogP) is 5.14. The second-order valence-electron chi connectivity index (χ2n) is 4.23. The smallest absolute Gasteiger partial charge is 0.141 e. The van der Waals surface area contributed by atoms with Crippen LogP contribution in [0.1, 0.15) is 17.2 Å². The largest absolute Gasteiger partial charge is 0.324 e. The zero-order valence-electron chi connectivity index (χ0n) is 9.84. The normalized spacial score (nSPS) is 12.5. The number of hydrogen-bond donors (Lipinski definition) is 1. The van der Waals surface area contributed by atoms with Crippen molar-refractivity contribution in [1.82, 2.24) is 0 Å². The lowest BCUT2D eigenvalue weighted by molar-refractivity contribution is 0.626. The van der Waals surface area contributed by atoms with Crippen LogP contribution in [-0.2, 0) is 6.42 Å². The molecule has 1 unspecified atom stereocenters. The highest BCUT2D eigenvalue weighted by Gasteiger charge is 2.10. The molecule has 1 atom stereocenters. The number of benzene rings is 2. The van der Waals surface area contributed by atoms with Crippen LogP contribution >= 0.6 is 39.1 Å². The average Bonchev–Trinajstić information content (AvgIpc) is 2.37. The van der Waals surface area contributed by atoms with E-state index >= 15 is 0 Å². The van der Waals surface area contributed by atoms with E-state index in [9.17, 15) is 4.39 Å². The number of hydrogen-bond acceptors (Lipinski definition) is 1. The topological polar surface area (TPSA) is 26.0 Å². The van der Waals surface area contributed by atoms with E-state index in [0.29, 0.717) is 11.4 Å². The first kappa shape index (κ1) is 14.8. The van der Waals surface area contributed by atoms with Gasteiger partial charge in [-0.2, -0.15) is 0 Å². The van der Waals surface area contributed by atoms with Crippen molar-refractivity contribution in [2.75, 3.05) is 0 Å². The van der Waals surface area contributed by atoms with E-state index in [1.807, 2.05) is 18.2 Å². The summed E-state index contributed by atoms with van der Waals surface area (Å²) >= 11 is 15.1. The van der Waals surface area contributed by atoms with Crippen LogP contribution in [0.2, 0.25) is 10.0 Å². The number of nitrogens with two attached hydrogens (primary N) is 1. The minimum absolute atomic E-state index is 0.110. The molecule has 2 aromatic carbocycles. The highest BCUT2D eigenvalue weighted by molar-refractivity contribution is 9.10. The second-order valence-corrected chi connectivity index (χ2v) is 5.90. The third kappa shape index (κ3) is 3.69. The molecule has 0 aliphatic carbocycles. The number of halogens is 4. The molecular formula is C14H11BrCl2FN. The van der Waals surface area contributed by atoms with Crippen molar-refractivity contribution >= 4 is 39.1 Å². The Bertz CT molecular complexity index is 604. The Balaban J connectivity index is 2.17. The predicted molar refractivity (Wildman–Crippen MR) is 81.2 cm³/mol. The summed E-state index contributed by atoms with van der Waals surface area (Å²) in [5.41, 5.74) is 7.93. The van der Waals surface area contributed by atoms with E-state index in [-0.39, 0.29) is 11.1 Å². The van der Waals surface area contributed by atoms with E-state index in [0.717, 1.165) is 15.6 Å². The van der Waals surface area contributed by atoms with Gasteiger partial charge in [0.2, 0.25) is 0 Å². The third-order valence-electron chi connectivity index (χ3n) is 2.81. The van der Waals surface area contributed by atoms with Crippen LogP contribution in [0.4, 0.5) is 4.39 Å². The first-order valence-electron chi connectivity index (χ1n) is 5.62. The average molecular weight is 363 g/mol. The van der Waals surface area contributed by atoms with Crippen LogP contribution in [0.25, 0.3) is 0 Å². The van der Waals surface area contributed by atoms with Gasteiger partial charge in [-0.1, -0.05) is 35.3 Å². The summed E-state index contributed by atoms with van der Waals surface area (Å²) in [4.78, 5) is 0. The van der Waals surface area contributed by atoms with Gasteiger partial charge in [-0.05, 0) is 57.7 Å². The van der Waals surface area contributed by atoms with E-state index in [1.54, 1.807) is 12.1 Å². The fourth-order valence-electron chi connectivity index (χ4n) is 1.78. The third-order valence-corrected chi connectivity index (χ3v) is 4.33. The van der Waals surface area contributed by atoms with Gasteiger partial charge in [0.15, 0.2) is 0 Å². The molecular weight excluding hydrogens is 352 g/mol. The van der Waals surface area contributed by atoms with E-state index < -0.39 is 5.82 Å². The first-order valence-corrected chi connectivity index (χ1v) is 7.16. The van der Waals surface area contributed by atoms with E-state index in [2.05, 4.69) is 15.9 Å². The van der Waals surface area contributed by atoms with Gasteiger partial charge in [-0.3, -0.25) is 0 Å². The summed E-state index contributed by atoms with van der Waals surface area (Å²) in [6.45, 7) is 0. The zero-order valence-corrected chi connectivity index (χ0v) is 12.9. The summed E-state index contributed by atoms with van der Waals surface area (Å²) in [5, 5.41) is 0.726. The lowest BCUT2D eigenvalue weighted by Gasteiger charge is -2.13. The summed E-state index contributed by atoms with van der Waals surface area (Å²) in [6, 6.07) is 9.99. The molecule has 2 rings (SSSR count). The maximum Gasteiger partial charge on any atom is 0.141 e. The van der Waals surface area contributed by atoms with Crippen molar-refractivity contribution in [3.05, 3.63) is 67.9 Å². The fourth-order valence-corrected chi connectivity index (χ4v) is 2.42. The Morgan fingerprint density at radius 3 is 2.47 bits per heavy atom. The van der Waals surface area contributed by atoms with Gasteiger partial charge >= 0.3 is 0 Å². The zero-order chi connectivity index (χ0) is 14.0. The van der Waals surface area contributed by atoms with E-state index in [1.165, 1.54) is 6.07 Å². The maximum absolute atomic E-state index is 13.1. The van der Waals surface area contributed by atoms with Crippen LogP contribution in [0.5, 0.6) is 0 Å². The quantitative estimate of drug-likeness (QED) is 0.803. The first-order chi connectivity index (χ1) is 8.97. The van der Waals surface area contributed by atoms with Gasteiger partial charge < -0.3 is 5.73 Å². The summed E-state index contributed by atoms with van der Waals surface area (Å²) in [6.07, 6.45) is 0.567. The molecule has 0 saturated carbocycles. The molecule has 0 aliphatic rings. The molecule has 0 spiro atoms. The highest BCUT2D eigenvalue weighted by Crippen LogP contribution is 2.27. The second kappa shape index (κ2) is 6.23. The van der Waals surface area contributed by atoms with Gasteiger partial charge in [0.1, 0.15) is 5.82 Å². The fraction of sp³-hybridized carbons (Fsp3) is 0.143. The molecule has 19 heavy (non-hydrogen) atoms. The highest BCUT2D eigenvalue weighted by atomic mass is 79.9. The minimum atomic E-state index is -0.425. The molecule has 0 fully saturated rings. The molecule has 0 amide bonds. The van der Waals surface area contributed by atoms with E-state index in [4.69, 9.17) is 28.9 Å². The Labute approximate surface area is 129 Å². The van der Waals surface area contributed by atoms with Crippen molar-refractivity contribution in [2.24, 2.45) is 5.73 Å². The van der Waals surface area contributed by atoms with Crippen LogP contribution < -0.4 is 5.73 Å². The van der Waals surface area contributed by atoms with Gasteiger partial charge in [0.25, 0.3) is 0 Å². The van der Waals surface area contributed by atoms with Crippen molar-refractivity contribution in [3.63, 3.8) is 0 Å². The summed E-state index contributed by atoms with van der Waals surface area (Å²) in [5.74, 6) is -0.425. The molecule has 1 nitrogen and oxygen atoms in total. The Morgan fingerprint density at radius 1 is 1.11 bits per heavy atom. The van der Waals surface area contributed by atoms with Crippen LogP contribution in [-0.4, -0.2) is 0 Å². The minimum Gasteiger partial charge on any atom is -0.324 e. The Hall–Kier alpha value is -0.610. The Kier molecular flexibility index (Phi) is 4.85. The molecule has 0 heterocycles. The molecule has 0 aromatic heterocycles. The maximum atomic E-state index is 13.1. The molecule has 0 bridgehead atoms. The molecule has 100 valence electrons. The number of rotatable bonds is 3. The van der Waals surface area contributed by atoms with Gasteiger partial charge in [-0.15, -0.1) is 0 Å². The lowest BCUT2D eigenvalue weighted by atomic mass is 10.00. The molecule has 0 saturated heterocycles. The van der Waals surface area contributed by atoms with Crippen LogP contribution in [0, 0.1) is 5.82 Å². The SMILES string of the molecule is NC(Cc1ccc(F)c(Cl)c1)c1ccc(Br)c(Cl)c1. The Morgan fingerprint density at radius 2 is 1.84 bits per heavy atom. The lowest BCUT2D eigenvalue weighted by Crippen LogP contribution is -2.13. The molecule has 2 aromatic rings. The van der Waals surface area contributed by atoms with Crippen LogP contribution in [0.3, 0.4) is 0 Å². The summed E-state index contributed by atoms with van der Waals surface area (Å²) in [7, 11) is 0. The summed E-state index contributed by atoms with van der Waals surface area (Å²) < 4.78 is 13.9. The van der Waals surface area contributed by atoms with Gasteiger partial charge in [-0.25, -0.2) is 4.39 Å². The standard InChI is InChI=1S/C14H11BrCl2FN/c15-10-3-2-9(7-11(10)16)14(19)6-8-1-4-13(18)12(17)5-8/h1-5,7,14H,6,19H2. The molecule has 0 aliphatic heterocycles.